The second-order valence-corrected chi connectivity index (χ2v) is 5.44. The van der Waals surface area contributed by atoms with Crippen molar-refractivity contribution in [2.45, 2.75) is 12.6 Å². The number of carbonyl (C=O) groups excluding carboxylic acids is 1. The molecule has 7 heteroatoms. The normalized spacial score (nSPS) is 11.8. The van der Waals surface area contributed by atoms with E-state index < -0.39 is 17.9 Å². The summed E-state index contributed by atoms with van der Waals surface area (Å²) in [7, 11) is 0. The van der Waals surface area contributed by atoms with Gasteiger partial charge >= 0.3 is 5.97 Å². The first-order valence-electron chi connectivity index (χ1n) is 7.57. The molecule has 25 heavy (non-hydrogen) atoms. The second-order valence-electron chi connectivity index (χ2n) is 5.44. The van der Waals surface area contributed by atoms with Crippen molar-refractivity contribution in [3.8, 4) is 0 Å². The minimum Gasteiger partial charge on any atom is -0.479 e. The number of hydrogen-bond donors (Lipinski definition) is 2. The summed E-state index contributed by atoms with van der Waals surface area (Å²) >= 11 is 0. The molecule has 0 aliphatic rings. The van der Waals surface area contributed by atoms with Crippen LogP contribution in [0.5, 0.6) is 0 Å². The van der Waals surface area contributed by atoms with Crippen molar-refractivity contribution in [1.82, 2.24) is 14.9 Å². The van der Waals surface area contributed by atoms with E-state index in [1.807, 2.05) is 0 Å². The summed E-state index contributed by atoms with van der Waals surface area (Å²) in [5.74, 6) is -1.76. The number of aliphatic carboxylic acids is 1. The highest BCUT2D eigenvalue weighted by molar-refractivity contribution is 5.84. The predicted octanol–water partition coefficient (Wildman–Crippen LogP) is 1.34. The Labute approximate surface area is 142 Å². The maximum absolute atomic E-state index is 12.4. The van der Waals surface area contributed by atoms with Gasteiger partial charge in [0.15, 0.2) is 6.04 Å². The minimum atomic E-state index is -1.18. The van der Waals surface area contributed by atoms with Crippen LogP contribution in [0.1, 0.15) is 11.6 Å². The topological polar surface area (TPSA) is 101 Å². The third kappa shape index (κ3) is 3.55. The summed E-state index contributed by atoms with van der Waals surface area (Å²) in [4.78, 5) is 40.2. The summed E-state index contributed by atoms with van der Waals surface area (Å²) in [5.41, 5.74) is 0.636. The molecule has 1 atom stereocenters. The van der Waals surface area contributed by atoms with Crippen molar-refractivity contribution in [2.24, 2.45) is 0 Å². The molecule has 3 rings (SSSR count). The molecule has 126 valence electrons. The summed E-state index contributed by atoms with van der Waals surface area (Å²) in [6, 6.07) is 14.0. The maximum Gasteiger partial charge on any atom is 0.330 e. The van der Waals surface area contributed by atoms with Crippen LogP contribution in [0, 0.1) is 0 Å². The van der Waals surface area contributed by atoms with Crippen molar-refractivity contribution in [3.05, 3.63) is 76.8 Å². The van der Waals surface area contributed by atoms with E-state index in [0.717, 1.165) is 4.57 Å². The van der Waals surface area contributed by atoms with E-state index in [9.17, 15) is 19.5 Å². The molecule has 1 aromatic heterocycles. The lowest BCUT2D eigenvalue weighted by Crippen LogP contribution is -2.37. The van der Waals surface area contributed by atoms with E-state index in [1.54, 1.807) is 54.6 Å². The van der Waals surface area contributed by atoms with Gasteiger partial charge in [0.2, 0.25) is 5.91 Å². The number of aromatic nitrogens is 2. The Hall–Kier alpha value is -3.48. The summed E-state index contributed by atoms with van der Waals surface area (Å²) in [6.45, 7) is -0.312. The molecular weight excluding hydrogens is 322 g/mol. The van der Waals surface area contributed by atoms with Gasteiger partial charge < -0.3 is 10.4 Å². The number of para-hydroxylation sites is 1. The van der Waals surface area contributed by atoms with Crippen LogP contribution in [-0.4, -0.2) is 26.5 Å². The Bertz CT molecular complexity index is 982. The van der Waals surface area contributed by atoms with Gasteiger partial charge in [0.05, 0.1) is 17.2 Å². The molecule has 0 saturated heterocycles. The van der Waals surface area contributed by atoms with Crippen LogP contribution in [0.15, 0.2) is 65.7 Å². The third-order valence-corrected chi connectivity index (χ3v) is 3.73. The lowest BCUT2D eigenvalue weighted by molar-refractivity contribution is -0.142. The average Bonchev–Trinajstić information content (AvgIpc) is 2.63. The van der Waals surface area contributed by atoms with E-state index in [1.165, 1.54) is 6.33 Å². The maximum atomic E-state index is 12.4. The molecule has 1 unspecified atom stereocenters. The molecule has 1 amide bonds. The van der Waals surface area contributed by atoms with Gasteiger partial charge in [-0.25, -0.2) is 9.78 Å². The van der Waals surface area contributed by atoms with Crippen LogP contribution < -0.4 is 10.9 Å². The van der Waals surface area contributed by atoms with Gasteiger partial charge in [-0.1, -0.05) is 42.5 Å². The van der Waals surface area contributed by atoms with Gasteiger partial charge in [0, 0.05) is 0 Å². The van der Waals surface area contributed by atoms with E-state index in [0.29, 0.717) is 16.5 Å². The highest BCUT2D eigenvalue weighted by atomic mass is 16.4. The van der Waals surface area contributed by atoms with Crippen molar-refractivity contribution in [2.75, 3.05) is 0 Å². The Balaban J connectivity index is 1.81. The number of amides is 1. The van der Waals surface area contributed by atoms with E-state index >= 15 is 0 Å². The van der Waals surface area contributed by atoms with Crippen molar-refractivity contribution in [3.63, 3.8) is 0 Å². The summed E-state index contributed by atoms with van der Waals surface area (Å²) in [5, 5.41) is 12.2. The van der Waals surface area contributed by atoms with Crippen LogP contribution >= 0.6 is 0 Å². The fourth-order valence-corrected chi connectivity index (χ4v) is 2.51. The molecule has 0 fully saturated rings. The van der Waals surface area contributed by atoms with Crippen LogP contribution in [0.4, 0.5) is 0 Å². The molecule has 2 N–H and O–H groups in total. The summed E-state index contributed by atoms with van der Waals surface area (Å²) < 4.78 is 1.15. The van der Waals surface area contributed by atoms with Gasteiger partial charge in [-0.3, -0.25) is 14.2 Å². The van der Waals surface area contributed by atoms with Crippen molar-refractivity contribution < 1.29 is 14.7 Å². The number of hydrogen-bond acceptors (Lipinski definition) is 4. The third-order valence-electron chi connectivity index (χ3n) is 3.73. The lowest BCUT2D eigenvalue weighted by atomic mass is 10.1. The zero-order valence-corrected chi connectivity index (χ0v) is 13.1. The fourth-order valence-electron chi connectivity index (χ4n) is 2.51. The molecule has 2 aromatic carbocycles. The molecular formula is C18H15N3O4. The smallest absolute Gasteiger partial charge is 0.330 e. The van der Waals surface area contributed by atoms with Gasteiger partial charge in [0.25, 0.3) is 5.56 Å². The Kier molecular flexibility index (Phi) is 4.56. The molecule has 1 heterocycles. The molecule has 0 bridgehead atoms. The second kappa shape index (κ2) is 6.96. The Morgan fingerprint density at radius 3 is 2.48 bits per heavy atom. The standard InChI is InChI=1S/C18H15N3O4/c22-15(20-16(18(24)25)12-6-2-1-3-7-12)10-21-11-19-14-9-5-4-8-13(14)17(21)23/h1-9,11,16H,10H2,(H,20,22)(H,24,25). The Morgan fingerprint density at radius 2 is 1.76 bits per heavy atom. The van der Waals surface area contributed by atoms with Crippen LogP contribution in [-0.2, 0) is 16.1 Å². The molecule has 0 saturated carbocycles. The molecule has 3 aromatic rings. The first-order chi connectivity index (χ1) is 12.1. The average molecular weight is 337 g/mol. The number of fused-ring (bicyclic) bond motifs is 1. The van der Waals surface area contributed by atoms with E-state index in [4.69, 9.17) is 0 Å². The quantitative estimate of drug-likeness (QED) is 0.731. The van der Waals surface area contributed by atoms with E-state index in [2.05, 4.69) is 10.3 Å². The summed E-state index contributed by atoms with van der Waals surface area (Å²) in [6.07, 6.45) is 1.28. The molecule has 7 nitrogen and oxygen atoms in total. The molecule has 0 spiro atoms. The van der Waals surface area contributed by atoms with Crippen LogP contribution in [0.2, 0.25) is 0 Å². The largest absolute Gasteiger partial charge is 0.479 e. The van der Waals surface area contributed by atoms with Gasteiger partial charge in [-0.2, -0.15) is 0 Å². The highest BCUT2D eigenvalue weighted by Crippen LogP contribution is 2.12. The van der Waals surface area contributed by atoms with Crippen LogP contribution in [0.3, 0.4) is 0 Å². The van der Waals surface area contributed by atoms with Crippen molar-refractivity contribution >= 4 is 22.8 Å². The van der Waals surface area contributed by atoms with Gasteiger partial charge in [0.1, 0.15) is 6.54 Å². The Morgan fingerprint density at radius 1 is 1.08 bits per heavy atom. The van der Waals surface area contributed by atoms with Crippen LogP contribution in [0.25, 0.3) is 10.9 Å². The highest BCUT2D eigenvalue weighted by Gasteiger charge is 2.22. The van der Waals surface area contributed by atoms with Crippen molar-refractivity contribution in [1.29, 1.82) is 0 Å². The first kappa shape index (κ1) is 16.4. The fraction of sp³-hybridized carbons (Fsp3) is 0.111. The number of nitrogens with zero attached hydrogens (tertiary/aromatic N) is 2. The number of carboxylic acids is 1. The van der Waals surface area contributed by atoms with Gasteiger partial charge in [-0.05, 0) is 17.7 Å². The first-order valence-corrected chi connectivity index (χ1v) is 7.57. The molecule has 0 aliphatic carbocycles. The monoisotopic (exact) mass is 337 g/mol. The van der Waals surface area contributed by atoms with Gasteiger partial charge in [-0.15, -0.1) is 0 Å². The lowest BCUT2D eigenvalue weighted by Gasteiger charge is -2.15. The predicted molar refractivity (Wildman–Crippen MR) is 91.0 cm³/mol. The molecule has 0 radical (unpaired) electrons. The number of carboxylic acid groups (broad SMARTS) is 1. The number of carbonyl (C=O) groups is 2. The SMILES string of the molecule is O=C(Cn1cnc2ccccc2c1=O)NC(C(=O)O)c1ccccc1. The number of rotatable bonds is 5. The number of nitrogens with one attached hydrogen (secondary N) is 1. The van der Waals surface area contributed by atoms with E-state index in [-0.39, 0.29) is 12.1 Å². The number of benzene rings is 2. The molecule has 0 aliphatic heterocycles. The minimum absolute atomic E-state index is 0.312. The zero-order chi connectivity index (χ0) is 17.8. The zero-order valence-electron chi connectivity index (χ0n) is 13.1.